The summed E-state index contributed by atoms with van der Waals surface area (Å²) in [6.45, 7) is 1.64. The monoisotopic (exact) mass is 463 g/mol. The van der Waals surface area contributed by atoms with E-state index < -0.39 is 5.41 Å². The Balaban J connectivity index is 1.46. The number of aromatic nitrogens is 1. The summed E-state index contributed by atoms with van der Waals surface area (Å²) in [6.07, 6.45) is 6.04. The molecule has 9 nitrogen and oxygen atoms in total. The molecule has 4 rings (SSSR count). The highest BCUT2D eigenvalue weighted by Crippen LogP contribution is 2.44. The minimum absolute atomic E-state index is 0.0821. The van der Waals surface area contributed by atoms with Crippen molar-refractivity contribution >= 4 is 29.3 Å². The van der Waals surface area contributed by atoms with E-state index in [4.69, 9.17) is 20.6 Å². The Bertz CT molecular complexity index is 1120. The molecule has 2 saturated heterocycles. The molecule has 178 valence electrons. The number of pyridine rings is 1. The lowest BCUT2D eigenvalue weighted by Crippen LogP contribution is -2.46. The van der Waals surface area contributed by atoms with E-state index in [0.29, 0.717) is 60.8 Å². The molecule has 34 heavy (non-hydrogen) atoms. The molecule has 2 fully saturated rings. The van der Waals surface area contributed by atoms with Crippen LogP contribution in [0.1, 0.15) is 35.3 Å². The van der Waals surface area contributed by atoms with Crippen molar-refractivity contribution in [1.82, 2.24) is 9.88 Å². The van der Waals surface area contributed by atoms with E-state index in [2.05, 4.69) is 4.98 Å². The van der Waals surface area contributed by atoms with E-state index in [1.165, 1.54) is 18.6 Å². The maximum Gasteiger partial charge on any atom is 0.272 e. The summed E-state index contributed by atoms with van der Waals surface area (Å²) in [5, 5.41) is 7.54. The van der Waals surface area contributed by atoms with Crippen molar-refractivity contribution in [3.8, 4) is 11.5 Å². The number of nitrogens with two attached hydrogens (primary N) is 1. The predicted octanol–water partition coefficient (Wildman–Crippen LogP) is 2.71. The fraction of sp³-hybridized carbons (Fsp3) is 0.360. The van der Waals surface area contributed by atoms with Crippen molar-refractivity contribution in [2.24, 2.45) is 11.1 Å². The third kappa shape index (κ3) is 4.09. The van der Waals surface area contributed by atoms with Gasteiger partial charge in [-0.3, -0.25) is 9.59 Å². The molecule has 1 aromatic heterocycles. The summed E-state index contributed by atoms with van der Waals surface area (Å²) in [7, 11) is 3.11. The molecule has 0 bridgehead atoms. The summed E-state index contributed by atoms with van der Waals surface area (Å²) < 4.78 is 10.6. The molecule has 3 heterocycles. The average molecular weight is 464 g/mol. The van der Waals surface area contributed by atoms with Crippen molar-refractivity contribution in [3.63, 3.8) is 0 Å². The Labute approximate surface area is 198 Å². The van der Waals surface area contributed by atoms with Gasteiger partial charge in [0.15, 0.2) is 0 Å². The van der Waals surface area contributed by atoms with Crippen LogP contribution in [0.3, 0.4) is 0 Å². The second-order valence-electron chi connectivity index (χ2n) is 8.51. The molecule has 3 N–H and O–H groups in total. The number of carbonyl (C=O) groups is 2. The van der Waals surface area contributed by atoms with E-state index in [1.54, 1.807) is 36.2 Å². The summed E-state index contributed by atoms with van der Waals surface area (Å²) in [5.74, 6) is 1.11. The highest BCUT2D eigenvalue weighted by Gasteiger charge is 2.49. The number of amides is 2. The molecule has 0 atom stereocenters. The molecule has 1 spiro atoms. The topological polar surface area (TPSA) is 122 Å². The number of ether oxygens (including phenoxy) is 2. The quantitative estimate of drug-likeness (QED) is 0.635. The minimum atomic E-state index is -0.465. The molecule has 1 aromatic carbocycles. The van der Waals surface area contributed by atoms with Gasteiger partial charge in [-0.25, -0.2) is 4.98 Å². The van der Waals surface area contributed by atoms with Gasteiger partial charge in [-0.15, -0.1) is 0 Å². The molecular formula is C25H29N5O4. The highest BCUT2D eigenvalue weighted by molar-refractivity contribution is 6.09. The van der Waals surface area contributed by atoms with Crippen LogP contribution in [0.2, 0.25) is 0 Å². The Kier molecular flexibility index (Phi) is 6.54. The number of nitrogens with one attached hydrogen (secondary N) is 1. The summed E-state index contributed by atoms with van der Waals surface area (Å²) in [4.78, 5) is 34.1. The number of hydrogen-bond donors (Lipinski definition) is 2. The number of anilines is 1. The number of hydrogen-bond acceptors (Lipinski definition) is 7. The van der Waals surface area contributed by atoms with Gasteiger partial charge < -0.3 is 30.4 Å². The lowest BCUT2D eigenvalue weighted by atomic mass is 9.77. The standard InChI is InChI=1S/C25H29N5O4/c1-33-19-4-6-21(28-16-19)23(31)29-10-7-25(8-11-29)9-12-30(24(25)32)18-3-5-20(17(14-26)15-27)22(13-18)34-2/h3-6,13-16,26H,7-12,27H2,1-2H3/b17-15+,26-14?. The molecule has 0 radical (unpaired) electrons. The molecule has 2 amide bonds. The maximum atomic E-state index is 13.5. The van der Waals surface area contributed by atoms with Crippen LogP contribution in [0.5, 0.6) is 11.5 Å². The van der Waals surface area contributed by atoms with E-state index in [0.717, 1.165) is 12.1 Å². The van der Waals surface area contributed by atoms with Crippen molar-refractivity contribution in [1.29, 1.82) is 5.41 Å². The lowest BCUT2D eigenvalue weighted by Gasteiger charge is -2.37. The largest absolute Gasteiger partial charge is 0.496 e. The van der Waals surface area contributed by atoms with E-state index in [-0.39, 0.29) is 11.8 Å². The van der Waals surface area contributed by atoms with Crippen LogP contribution in [0.4, 0.5) is 5.69 Å². The number of benzene rings is 1. The van der Waals surface area contributed by atoms with Gasteiger partial charge in [0.1, 0.15) is 17.2 Å². The van der Waals surface area contributed by atoms with Crippen molar-refractivity contribution < 1.29 is 19.1 Å². The van der Waals surface area contributed by atoms with Crippen LogP contribution in [-0.4, -0.2) is 61.8 Å². The van der Waals surface area contributed by atoms with Gasteiger partial charge in [-0.2, -0.15) is 0 Å². The highest BCUT2D eigenvalue weighted by atomic mass is 16.5. The number of methoxy groups -OCH3 is 2. The Morgan fingerprint density at radius 2 is 1.85 bits per heavy atom. The normalized spacial score (nSPS) is 17.7. The fourth-order valence-corrected chi connectivity index (χ4v) is 4.76. The first kappa shape index (κ1) is 23.3. The zero-order valence-corrected chi connectivity index (χ0v) is 19.4. The number of allylic oxidation sites excluding steroid dienone is 1. The van der Waals surface area contributed by atoms with Gasteiger partial charge >= 0.3 is 0 Å². The minimum Gasteiger partial charge on any atom is -0.496 e. The molecular weight excluding hydrogens is 434 g/mol. The summed E-state index contributed by atoms with van der Waals surface area (Å²) in [5.41, 5.74) is 7.53. The molecule has 0 unspecified atom stereocenters. The van der Waals surface area contributed by atoms with Crippen LogP contribution in [0.25, 0.3) is 5.57 Å². The first-order valence-electron chi connectivity index (χ1n) is 11.2. The molecule has 0 aliphatic carbocycles. The van der Waals surface area contributed by atoms with Crippen molar-refractivity contribution in [2.45, 2.75) is 19.3 Å². The van der Waals surface area contributed by atoms with Crippen LogP contribution in [0.15, 0.2) is 42.7 Å². The first-order chi connectivity index (χ1) is 16.5. The number of piperidine rings is 1. The Morgan fingerprint density at radius 1 is 1.12 bits per heavy atom. The van der Waals surface area contributed by atoms with Gasteiger partial charge in [-0.1, -0.05) is 0 Å². The third-order valence-electron chi connectivity index (χ3n) is 6.85. The third-order valence-corrected chi connectivity index (χ3v) is 6.85. The number of carbonyl (C=O) groups excluding carboxylic acids is 2. The Morgan fingerprint density at radius 3 is 2.44 bits per heavy atom. The molecule has 0 saturated carbocycles. The van der Waals surface area contributed by atoms with Crippen LogP contribution < -0.4 is 20.1 Å². The van der Waals surface area contributed by atoms with Crippen LogP contribution in [0, 0.1) is 10.8 Å². The lowest BCUT2D eigenvalue weighted by molar-refractivity contribution is -0.127. The van der Waals surface area contributed by atoms with Gasteiger partial charge in [-0.05, 0) is 43.5 Å². The van der Waals surface area contributed by atoms with Gasteiger partial charge in [0.25, 0.3) is 5.91 Å². The maximum absolute atomic E-state index is 13.5. The SMILES string of the molecule is COc1ccc(C(=O)N2CCC3(CC2)CCN(c2ccc(/C(C=N)=C/N)c(OC)c2)C3=O)nc1. The smallest absolute Gasteiger partial charge is 0.272 e. The second-order valence-corrected chi connectivity index (χ2v) is 8.51. The second kappa shape index (κ2) is 9.54. The Hall–Kier alpha value is -3.88. The van der Waals surface area contributed by atoms with E-state index >= 15 is 0 Å². The molecule has 2 aliphatic heterocycles. The molecule has 9 heteroatoms. The predicted molar refractivity (Wildman–Crippen MR) is 129 cm³/mol. The van der Waals surface area contributed by atoms with Crippen molar-refractivity contribution in [2.75, 3.05) is 38.8 Å². The molecule has 2 aliphatic rings. The van der Waals surface area contributed by atoms with Crippen LogP contribution in [-0.2, 0) is 4.79 Å². The first-order valence-corrected chi connectivity index (χ1v) is 11.2. The van der Waals surface area contributed by atoms with E-state index in [1.807, 2.05) is 18.2 Å². The number of nitrogens with zero attached hydrogens (tertiary/aromatic N) is 3. The van der Waals surface area contributed by atoms with E-state index in [9.17, 15) is 9.59 Å². The average Bonchev–Trinajstić information content (AvgIpc) is 3.20. The number of likely N-dealkylation sites (tertiary alicyclic amines) is 1. The summed E-state index contributed by atoms with van der Waals surface area (Å²) in [6, 6.07) is 8.87. The molecule has 2 aromatic rings. The van der Waals surface area contributed by atoms with Gasteiger partial charge in [0.2, 0.25) is 5.91 Å². The zero-order valence-electron chi connectivity index (χ0n) is 19.4. The zero-order chi connectivity index (χ0) is 24.3. The van der Waals surface area contributed by atoms with Crippen LogP contribution >= 0.6 is 0 Å². The summed E-state index contributed by atoms with van der Waals surface area (Å²) >= 11 is 0. The van der Waals surface area contributed by atoms with Crippen molar-refractivity contribution in [3.05, 3.63) is 54.0 Å². The van der Waals surface area contributed by atoms with Gasteiger partial charge in [0, 0.05) is 54.9 Å². The number of rotatable bonds is 6. The van der Waals surface area contributed by atoms with Gasteiger partial charge in [0.05, 0.1) is 25.8 Å². The fourth-order valence-electron chi connectivity index (χ4n) is 4.76.